The summed E-state index contributed by atoms with van der Waals surface area (Å²) in [5.41, 5.74) is 0.922. The Balaban J connectivity index is 2.41. The molecule has 0 saturated heterocycles. The minimum Gasteiger partial charge on any atom is -0.507 e. The fraction of sp³-hybridized carbons (Fsp3) is 0.0769. The highest BCUT2D eigenvalue weighted by Gasteiger charge is 2.02. The third-order valence-electron chi connectivity index (χ3n) is 2.53. The predicted molar refractivity (Wildman–Crippen MR) is 74.1 cm³/mol. The van der Waals surface area contributed by atoms with E-state index in [1.54, 1.807) is 25.2 Å². The number of aliphatic hydroxyl groups is 1. The lowest BCUT2D eigenvalue weighted by atomic mass is 10.1. The lowest BCUT2D eigenvalue weighted by Crippen LogP contribution is -2.20. The second-order valence-corrected chi connectivity index (χ2v) is 4.66. The SMILES string of the molecule is Cn1c(C=C(O)c2ccc(Br)cc2)ccnc1=O. The number of halogens is 1. The van der Waals surface area contributed by atoms with Crippen LogP contribution in [0.15, 0.2) is 45.8 Å². The van der Waals surface area contributed by atoms with Crippen LogP contribution >= 0.6 is 15.9 Å². The van der Waals surface area contributed by atoms with Gasteiger partial charge >= 0.3 is 5.69 Å². The van der Waals surface area contributed by atoms with Gasteiger partial charge in [0.2, 0.25) is 0 Å². The highest BCUT2D eigenvalue weighted by atomic mass is 79.9. The zero-order valence-electron chi connectivity index (χ0n) is 9.67. The van der Waals surface area contributed by atoms with Crippen molar-refractivity contribution in [3.05, 3.63) is 62.7 Å². The molecule has 18 heavy (non-hydrogen) atoms. The van der Waals surface area contributed by atoms with Crippen LogP contribution in [0.2, 0.25) is 0 Å². The van der Waals surface area contributed by atoms with E-state index in [0.717, 1.165) is 4.47 Å². The van der Waals surface area contributed by atoms with Gasteiger partial charge in [0.25, 0.3) is 0 Å². The summed E-state index contributed by atoms with van der Waals surface area (Å²) in [7, 11) is 1.61. The maximum Gasteiger partial charge on any atom is 0.347 e. The molecule has 0 fully saturated rings. The van der Waals surface area contributed by atoms with E-state index in [1.807, 2.05) is 12.1 Å². The van der Waals surface area contributed by atoms with E-state index in [9.17, 15) is 9.90 Å². The summed E-state index contributed by atoms with van der Waals surface area (Å²) in [6, 6.07) is 8.91. The average molecular weight is 307 g/mol. The number of hydrogen-bond acceptors (Lipinski definition) is 3. The van der Waals surface area contributed by atoms with E-state index >= 15 is 0 Å². The smallest absolute Gasteiger partial charge is 0.347 e. The Morgan fingerprint density at radius 1 is 1.33 bits per heavy atom. The van der Waals surface area contributed by atoms with Gasteiger partial charge in [-0.05, 0) is 18.2 Å². The molecule has 1 aromatic carbocycles. The van der Waals surface area contributed by atoms with Crippen molar-refractivity contribution in [2.24, 2.45) is 7.05 Å². The molecule has 4 nitrogen and oxygen atoms in total. The first kappa shape index (κ1) is 12.6. The summed E-state index contributed by atoms with van der Waals surface area (Å²) >= 11 is 3.33. The summed E-state index contributed by atoms with van der Waals surface area (Å²) < 4.78 is 2.31. The maximum atomic E-state index is 11.3. The molecule has 0 unspecified atom stereocenters. The van der Waals surface area contributed by atoms with Gasteiger partial charge in [-0.3, -0.25) is 4.57 Å². The van der Waals surface area contributed by atoms with Crippen LogP contribution in [0.1, 0.15) is 11.3 Å². The molecule has 0 bridgehead atoms. The van der Waals surface area contributed by atoms with Gasteiger partial charge in [0.1, 0.15) is 5.76 Å². The van der Waals surface area contributed by atoms with Crippen molar-refractivity contribution in [1.82, 2.24) is 9.55 Å². The first-order valence-corrected chi connectivity index (χ1v) is 6.06. The predicted octanol–water partition coefficient (Wildman–Crippen LogP) is 2.60. The molecule has 2 aromatic rings. The van der Waals surface area contributed by atoms with E-state index in [4.69, 9.17) is 0 Å². The third-order valence-corrected chi connectivity index (χ3v) is 3.06. The molecule has 0 aliphatic carbocycles. The quantitative estimate of drug-likeness (QED) is 0.868. The van der Waals surface area contributed by atoms with Gasteiger partial charge in [-0.15, -0.1) is 0 Å². The van der Waals surface area contributed by atoms with E-state index in [-0.39, 0.29) is 11.4 Å². The molecule has 92 valence electrons. The molecular weight excluding hydrogens is 296 g/mol. The van der Waals surface area contributed by atoms with Gasteiger partial charge in [-0.1, -0.05) is 28.1 Å². The zero-order chi connectivity index (χ0) is 13.1. The van der Waals surface area contributed by atoms with Crippen LogP contribution in [0.3, 0.4) is 0 Å². The molecule has 0 atom stereocenters. The number of nitrogens with zero attached hydrogens (tertiary/aromatic N) is 2. The van der Waals surface area contributed by atoms with E-state index in [0.29, 0.717) is 11.3 Å². The summed E-state index contributed by atoms with van der Waals surface area (Å²) in [5, 5.41) is 9.99. The molecule has 0 amide bonds. The van der Waals surface area contributed by atoms with Crippen molar-refractivity contribution in [1.29, 1.82) is 0 Å². The van der Waals surface area contributed by atoms with Crippen molar-refractivity contribution in [2.45, 2.75) is 0 Å². The molecule has 1 heterocycles. The highest BCUT2D eigenvalue weighted by Crippen LogP contribution is 2.17. The molecule has 0 aliphatic heterocycles. The van der Waals surface area contributed by atoms with Crippen LogP contribution in [0.4, 0.5) is 0 Å². The fourth-order valence-corrected chi connectivity index (χ4v) is 1.74. The average Bonchev–Trinajstić information content (AvgIpc) is 2.36. The zero-order valence-corrected chi connectivity index (χ0v) is 11.3. The first-order valence-electron chi connectivity index (χ1n) is 5.26. The van der Waals surface area contributed by atoms with Crippen LogP contribution in [-0.4, -0.2) is 14.7 Å². The molecule has 0 radical (unpaired) electrons. The molecule has 0 spiro atoms. The van der Waals surface area contributed by atoms with Crippen molar-refractivity contribution in [3.8, 4) is 0 Å². The normalized spacial score (nSPS) is 11.6. The lowest BCUT2D eigenvalue weighted by Gasteiger charge is -2.04. The lowest BCUT2D eigenvalue weighted by molar-refractivity contribution is 0.515. The number of aromatic nitrogens is 2. The summed E-state index contributed by atoms with van der Waals surface area (Å²) in [4.78, 5) is 15.0. The fourth-order valence-electron chi connectivity index (χ4n) is 1.48. The molecule has 5 heteroatoms. The van der Waals surface area contributed by atoms with Crippen molar-refractivity contribution < 1.29 is 5.11 Å². The molecular formula is C13H11BrN2O2. The Kier molecular flexibility index (Phi) is 3.62. The Bertz CT molecular complexity index is 645. The van der Waals surface area contributed by atoms with Crippen molar-refractivity contribution in [2.75, 3.05) is 0 Å². The van der Waals surface area contributed by atoms with Crippen molar-refractivity contribution >= 4 is 27.8 Å². The molecule has 2 rings (SSSR count). The van der Waals surface area contributed by atoms with Gasteiger partial charge in [-0.25, -0.2) is 9.78 Å². The van der Waals surface area contributed by atoms with E-state index < -0.39 is 0 Å². The standard InChI is InChI=1S/C13H11BrN2O2/c1-16-11(6-7-15-13(16)18)8-12(17)9-2-4-10(14)5-3-9/h2-8,17H,1H3. The minimum atomic E-state index is -0.354. The first-order chi connectivity index (χ1) is 8.58. The van der Waals surface area contributed by atoms with Crippen LogP contribution in [0.25, 0.3) is 11.8 Å². The summed E-state index contributed by atoms with van der Waals surface area (Å²) in [6.45, 7) is 0. The van der Waals surface area contributed by atoms with Crippen LogP contribution in [0.5, 0.6) is 0 Å². The van der Waals surface area contributed by atoms with Crippen LogP contribution in [0, 0.1) is 0 Å². The second-order valence-electron chi connectivity index (χ2n) is 3.75. The summed E-state index contributed by atoms with van der Waals surface area (Å²) in [6.07, 6.45) is 2.95. The number of rotatable bonds is 2. The highest BCUT2D eigenvalue weighted by molar-refractivity contribution is 9.10. The Morgan fingerprint density at radius 2 is 2.00 bits per heavy atom. The number of hydrogen-bond donors (Lipinski definition) is 1. The molecule has 1 N–H and O–H groups in total. The second kappa shape index (κ2) is 5.18. The van der Waals surface area contributed by atoms with Crippen molar-refractivity contribution in [3.63, 3.8) is 0 Å². The minimum absolute atomic E-state index is 0.101. The molecule has 0 aliphatic rings. The number of benzene rings is 1. The van der Waals surface area contributed by atoms with Gasteiger partial charge in [0.05, 0.1) is 5.69 Å². The Morgan fingerprint density at radius 3 is 2.67 bits per heavy atom. The van der Waals surface area contributed by atoms with Gasteiger partial charge in [0, 0.05) is 29.4 Å². The van der Waals surface area contributed by atoms with Gasteiger partial charge in [-0.2, -0.15) is 0 Å². The summed E-state index contributed by atoms with van der Waals surface area (Å²) in [5.74, 6) is 0.101. The van der Waals surface area contributed by atoms with E-state index in [1.165, 1.54) is 16.8 Å². The molecule has 1 aromatic heterocycles. The Hall–Kier alpha value is -1.88. The molecule has 0 saturated carbocycles. The van der Waals surface area contributed by atoms with Crippen LogP contribution < -0.4 is 5.69 Å². The topological polar surface area (TPSA) is 55.1 Å². The monoisotopic (exact) mass is 306 g/mol. The largest absolute Gasteiger partial charge is 0.507 e. The van der Waals surface area contributed by atoms with Gasteiger partial charge in [0.15, 0.2) is 0 Å². The Labute approximate surface area is 112 Å². The number of aliphatic hydroxyl groups excluding tert-OH is 1. The maximum absolute atomic E-state index is 11.3. The van der Waals surface area contributed by atoms with Gasteiger partial charge < -0.3 is 5.11 Å². The van der Waals surface area contributed by atoms with Crippen LogP contribution in [-0.2, 0) is 7.05 Å². The third kappa shape index (κ3) is 2.68. The van der Waals surface area contributed by atoms with E-state index in [2.05, 4.69) is 20.9 Å².